The quantitative estimate of drug-likeness (QED) is 0.459. The first-order valence-corrected chi connectivity index (χ1v) is 11.2. The molecule has 0 bridgehead atoms. The van der Waals surface area contributed by atoms with E-state index >= 15 is 0 Å². The minimum absolute atomic E-state index is 0.0835. The van der Waals surface area contributed by atoms with E-state index in [9.17, 15) is 14.4 Å². The molecule has 0 saturated heterocycles. The van der Waals surface area contributed by atoms with Crippen LogP contribution in [-0.4, -0.2) is 42.0 Å². The van der Waals surface area contributed by atoms with Crippen molar-refractivity contribution in [3.05, 3.63) is 89.7 Å². The Kier molecular flexibility index (Phi) is 8.56. The summed E-state index contributed by atoms with van der Waals surface area (Å²) in [7, 11) is 1.39. The van der Waals surface area contributed by atoms with Crippen LogP contribution in [-0.2, 0) is 9.59 Å². The van der Waals surface area contributed by atoms with Crippen LogP contribution in [0.1, 0.15) is 48.3 Å². The van der Waals surface area contributed by atoms with E-state index < -0.39 is 17.9 Å². The Morgan fingerprint density at radius 1 is 0.857 bits per heavy atom. The number of carbonyl (C=O) groups excluding carboxylic acids is 3. The third-order valence-electron chi connectivity index (χ3n) is 5.48. The molecule has 1 aromatic heterocycles. The maximum Gasteiger partial charge on any atom is 0.308 e. The number of hydrogen-bond donors (Lipinski definition) is 2. The fourth-order valence-electron chi connectivity index (χ4n) is 3.85. The summed E-state index contributed by atoms with van der Waals surface area (Å²) in [6.45, 7) is 4.71. The number of benzene rings is 2. The first-order valence-electron chi connectivity index (χ1n) is 11.2. The average Bonchev–Trinajstić information content (AvgIpc) is 2.85. The fraction of sp³-hybridized carbons (Fsp3) is 0.259. The van der Waals surface area contributed by atoms with Crippen molar-refractivity contribution in [1.29, 1.82) is 0 Å². The number of nitrogens with one attached hydrogen (secondary N) is 2. The van der Waals surface area contributed by atoms with Gasteiger partial charge in [0.25, 0.3) is 5.91 Å². The lowest BCUT2D eigenvalue weighted by atomic mass is 9.85. The zero-order valence-corrected chi connectivity index (χ0v) is 20.1. The standard InChI is InChI=1S/C27H29N3O5/c1-17(23(20-11-7-5-8-12-20)21-13-9-6-10-14-21)29-26(32)18(2)30-27(33)24-25(35-19(3)31)22(34-4)15-16-28-24/h5-18,23H,1-4H3,(H,29,32)(H,30,33)/t17-,18-/m0/s1. The Labute approximate surface area is 204 Å². The summed E-state index contributed by atoms with van der Waals surface area (Å²) in [4.78, 5) is 41.4. The summed E-state index contributed by atoms with van der Waals surface area (Å²) in [5, 5.41) is 5.64. The van der Waals surface area contributed by atoms with Gasteiger partial charge in [0.05, 0.1) is 7.11 Å². The Morgan fingerprint density at radius 3 is 1.94 bits per heavy atom. The van der Waals surface area contributed by atoms with Gasteiger partial charge in [-0.2, -0.15) is 0 Å². The Bertz CT molecular complexity index is 1130. The van der Waals surface area contributed by atoms with E-state index in [-0.39, 0.29) is 35.1 Å². The van der Waals surface area contributed by atoms with Gasteiger partial charge in [0.1, 0.15) is 6.04 Å². The molecular weight excluding hydrogens is 446 g/mol. The average molecular weight is 476 g/mol. The number of nitrogens with zero attached hydrogens (tertiary/aromatic N) is 1. The summed E-state index contributed by atoms with van der Waals surface area (Å²) >= 11 is 0. The predicted octanol–water partition coefficient (Wildman–Crippen LogP) is 3.47. The topological polar surface area (TPSA) is 107 Å². The van der Waals surface area contributed by atoms with E-state index in [1.807, 2.05) is 67.6 Å². The molecule has 8 heteroatoms. The van der Waals surface area contributed by atoms with Crippen LogP contribution in [0.4, 0.5) is 0 Å². The lowest BCUT2D eigenvalue weighted by Gasteiger charge is -2.27. The molecule has 1 heterocycles. The zero-order chi connectivity index (χ0) is 25.4. The highest BCUT2D eigenvalue weighted by Crippen LogP contribution is 2.30. The SMILES string of the molecule is COc1ccnc(C(=O)N[C@@H](C)C(=O)N[C@@H](C)C(c2ccccc2)c2ccccc2)c1OC(C)=O. The molecule has 35 heavy (non-hydrogen) atoms. The van der Waals surface area contributed by atoms with Gasteiger partial charge in [-0.25, -0.2) is 4.98 Å². The number of ether oxygens (including phenoxy) is 2. The van der Waals surface area contributed by atoms with Crippen molar-refractivity contribution in [2.24, 2.45) is 0 Å². The van der Waals surface area contributed by atoms with Gasteiger partial charge < -0.3 is 20.1 Å². The number of hydrogen-bond acceptors (Lipinski definition) is 6. The summed E-state index contributed by atoms with van der Waals surface area (Å²) < 4.78 is 10.3. The van der Waals surface area contributed by atoms with Gasteiger partial charge >= 0.3 is 5.97 Å². The molecule has 8 nitrogen and oxygen atoms in total. The highest BCUT2D eigenvalue weighted by atomic mass is 16.6. The van der Waals surface area contributed by atoms with E-state index in [1.165, 1.54) is 26.3 Å². The molecule has 0 unspecified atom stereocenters. The van der Waals surface area contributed by atoms with Crippen molar-refractivity contribution in [2.45, 2.75) is 38.8 Å². The second kappa shape index (κ2) is 11.8. The molecule has 182 valence electrons. The highest BCUT2D eigenvalue weighted by molar-refractivity contribution is 5.99. The molecular formula is C27H29N3O5. The van der Waals surface area contributed by atoms with E-state index in [0.29, 0.717) is 0 Å². The minimum atomic E-state index is -0.879. The van der Waals surface area contributed by atoms with Crippen LogP contribution >= 0.6 is 0 Å². The summed E-state index contributed by atoms with van der Waals surface area (Å²) in [6, 6.07) is 20.2. The first-order chi connectivity index (χ1) is 16.8. The second-order valence-corrected chi connectivity index (χ2v) is 8.08. The molecule has 3 rings (SSSR count). The van der Waals surface area contributed by atoms with Gasteiger partial charge in [0.2, 0.25) is 11.7 Å². The van der Waals surface area contributed by atoms with Crippen LogP contribution in [0.5, 0.6) is 11.5 Å². The zero-order valence-electron chi connectivity index (χ0n) is 20.1. The number of methoxy groups -OCH3 is 1. The van der Waals surface area contributed by atoms with Crippen molar-refractivity contribution >= 4 is 17.8 Å². The maximum absolute atomic E-state index is 13.0. The van der Waals surface area contributed by atoms with E-state index in [4.69, 9.17) is 9.47 Å². The Balaban J connectivity index is 1.75. The van der Waals surface area contributed by atoms with Crippen LogP contribution in [0.2, 0.25) is 0 Å². The monoisotopic (exact) mass is 475 g/mol. The van der Waals surface area contributed by atoms with E-state index in [2.05, 4.69) is 15.6 Å². The van der Waals surface area contributed by atoms with E-state index in [1.54, 1.807) is 6.92 Å². The number of carbonyl (C=O) groups is 3. The molecule has 3 aromatic rings. The first kappa shape index (κ1) is 25.4. The molecule has 0 radical (unpaired) electrons. The molecule has 2 aromatic carbocycles. The van der Waals surface area contributed by atoms with Crippen molar-refractivity contribution < 1.29 is 23.9 Å². The third kappa shape index (κ3) is 6.44. The van der Waals surface area contributed by atoms with Crippen LogP contribution in [0.3, 0.4) is 0 Å². The number of rotatable bonds is 9. The maximum atomic E-state index is 13.0. The molecule has 0 aliphatic heterocycles. The minimum Gasteiger partial charge on any atom is -0.493 e. The van der Waals surface area contributed by atoms with Crippen LogP contribution in [0.15, 0.2) is 72.9 Å². The molecule has 0 spiro atoms. The lowest BCUT2D eigenvalue weighted by Crippen LogP contribution is -2.49. The third-order valence-corrected chi connectivity index (χ3v) is 5.48. The molecule has 0 aliphatic carbocycles. The summed E-state index contributed by atoms with van der Waals surface area (Å²) in [6.07, 6.45) is 1.36. The number of amides is 2. The number of esters is 1. The highest BCUT2D eigenvalue weighted by Gasteiger charge is 2.27. The molecule has 2 amide bonds. The Hall–Kier alpha value is -4.20. The molecule has 0 aliphatic rings. The van der Waals surface area contributed by atoms with E-state index in [0.717, 1.165) is 11.1 Å². The molecule has 2 N–H and O–H groups in total. The normalized spacial score (nSPS) is 12.4. The molecule has 0 saturated carbocycles. The van der Waals surface area contributed by atoms with Gasteiger partial charge in [-0.05, 0) is 25.0 Å². The van der Waals surface area contributed by atoms with Crippen molar-refractivity contribution in [3.63, 3.8) is 0 Å². The number of pyridine rings is 1. The second-order valence-electron chi connectivity index (χ2n) is 8.08. The van der Waals surface area contributed by atoms with Crippen molar-refractivity contribution in [1.82, 2.24) is 15.6 Å². The van der Waals surface area contributed by atoms with Gasteiger partial charge in [-0.15, -0.1) is 0 Å². The Morgan fingerprint density at radius 2 is 1.43 bits per heavy atom. The van der Waals surface area contributed by atoms with Gasteiger partial charge in [-0.3, -0.25) is 14.4 Å². The molecule has 2 atom stereocenters. The summed E-state index contributed by atoms with van der Waals surface area (Å²) in [5.41, 5.74) is 1.98. The fourth-order valence-corrected chi connectivity index (χ4v) is 3.85. The predicted molar refractivity (Wildman–Crippen MR) is 131 cm³/mol. The molecule has 0 fully saturated rings. The van der Waals surface area contributed by atoms with Crippen LogP contribution < -0.4 is 20.1 Å². The van der Waals surface area contributed by atoms with Crippen LogP contribution in [0.25, 0.3) is 0 Å². The van der Waals surface area contributed by atoms with Gasteiger partial charge in [-0.1, -0.05) is 60.7 Å². The van der Waals surface area contributed by atoms with Gasteiger partial charge in [0, 0.05) is 31.1 Å². The van der Waals surface area contributed by atoms with Crippen LogP contribution in [0, 0.1) is 0 Å². The largest absolute Gasteiger partial charge is 0.493 e. The van der Waals surface area contributed by atoms with Crippen molar-refractivity contribution in [2.75, 3.05) is 7.11 Å². The summed E-state index contributed by atoms with van der Waals surface area (Å²) in [5.74, 6) is -1.66. The lowest BCUT2D eigenvalue weighted by molar-refractivity contribution is -0.132. The number of aromatic nitrogens is 1. The van der Waals surface area contributed by atoms with Gasteiger partial charge in [0.15, 0.2) is 11.4 Å². The van der Waals surface area contributed by atoms with Crippen molar-refractivity contribution in [3.8, 4) is 11.5 Å². The smallest absolute Gasteiger partial charge is 0.308 e.